The second-order valence-electron chi connectivity index (χ2n) is 9.13. The van der Waals surface area contributed by atoms with Crippen LogP contribution in [0, 0.1) is 0 Å². The summed E-state index contributed by atoms with van der Waals surface area (Å²) in [6.45, 7) is 6.19. The average molecular weight is 444 g/mol. The molecule has 0 saturated carbocycles. The van der Waals surface area contributed by atoms with Crippen LogP contribution in [0.2, 0.25) is 0 Å². The first-order valence-corrected chi connectivity index (χ1v) is 12.2. The molecule has 2 bridgehead atoms. The Hall–Kier alpha value is -2.89. The van der Waals surface area contributed by atoms with E-state index in [1.807, 2.05) is 29.2 Å². The highest BCUT2D eigenvalue weighted by Crippen LogP contribution is 2.33. The fourth-order valence-electron chi connectivity index (χ4n) is 5.09. The molecule has 2 atom stereocenters. The van der Waals surface area contributed by atoms with Gasteiger partial charge in [-0.1, -0.05) is 55.5 Å². The molecule has 2 heterocycles. The van der Waals surface area contributed by atoms with E-state index in [0.717, 1.165) is 50.3 Å². The Morgan fingerprint density at radius 3 is 2.73 bits per heavy atom. The molecule has 33 heavy (non-hydrogen) atoms. The first kappa shape index (κ1) is 21.9. The molecule has 0 spiro atoms. The largest absolute Gasteiger partial charge is 0.491 e. The van der Waals surface area contributed by atoms with Gasteiger partial charge < -0.3 is 15.0 Å². The van der Waals surface area contributed by atoms with E-state index >= 15 is 0 Å². The van der Waals surface area contributed by atoms with Gasteiger partial charge in [0.2, 0.25) is 5.91 Å². The lowest BCUT2D eigenvalue weighted by atomic mass is 10.0. The molecule has 1 amide bonds. The number of carbonyl (C=O) groups is 1. The van der Waals surface area contributed by atoms with Crippen molar-refractivity contribution in [1.29, 1.82) is 0 Å². The number of rotatable bonds is 6. The number of anilines is 1. The zero-order chi connectivity index (χ0) is 22.6. The minimum atomic E-state index is -0.0787. The maximum atomic E-state index is 13.5. The summed E-state index contributed by atoms with van der Waals surface area (Å²) in [5.41, 5.74) is 2.21. The Labute approximate surface area is 196 Å². The summed E-state index contributed by atoms with van der Waals surface area (Å²) < 4.78 is 6.00. The molecule has 2 aliphatic heterocycles. The van der Waals surface area contributed by atoms with E-state index < -0.39 is 0 Å². The zero-order valence-electron chi connectivity index (χ0n) is 19.4. The number of ether oxygens (including phenoxy) is 1. The summed E-state index contributed by atoms with van der Waals surface area (Å²) in [4.78, 5) is 17.8. The van der Waals surface area contributed by atoms with Crippen molar-refractivity contribution in [2.45, 2.75) is 44.8 Å². The number of carbonyl (C=O) groups excluding carboxylic acids is 1. The van der Waals surface area contributed by atoms with Crippen molar-refractivity contribution in [3.63, 3.8) is 0 Å². The molecular weight excluding hydrogens is 410 g/mol. The van der Waals surface area contributed by atoms with Crippen LogP contribution in [0.3, 0.4) is 0 Å². The highest BCUT2D eigenvalue weighted by molar-refractivity contribution is 5.99. The molecule has 3 aromatic rings. The topological polar surface area (TPSA) is 44.8 Å². The number of para-hydroxylation sites is 2. The molecule has 1 saturated heterocycles. The predicted molar refractivity (Wildman–Crippen MR) is 134 cm³/mol. The number of nitrogens with zero attached hydrogens (tertiary/aromatic N) is 2. The Morgan fingerprint density at radius 2 is 1.85 bits per heavy atom. The van der Waals surface area contributed by atoms with Crippen molar-refractivity contribution >= 4 is 22.4 Å². The van der Waals surface area contributed by atoms with Crippen molar-refractivity contribution in [1.82, 2.24) is 10.2 Å². The lowest BCUT2D eigenvalue weighted by Crippen LogP contribution is -2.59. The molecule has 1 N–H and O–H groups in total. The summed E-state index contributed by atoms with van der Waals surface area (Å²) in [5.74, 6) is 1.03. The molecule has 0 radical (unpaired) electrons. The van der Waals surface area contributed by atoms with E-state index in [1.165, 1.54) is 16.3 Å². The molecule has 5 rings (SSSR count). The van der Waals surface area contributed by atoms with Gasteiger partial charge in [-0.15, -0.1) is 0 Å². The third-order valence-corrected chi connectivity index (χ3v) is 6.99. The number of benzene rings is 3. The standard InChI is InChI=1S/C28H33N3O2/c1-2-24(29-19-21-13-14-22-8-3-4-9-23(22)18-21)20-30-15-16-31-25-10-5-6-12-27(25)33-17-7-11-26(30)28(31)32/h3-6,8-10,12-14,18,24,26,29H,2,7,11,15-17,19-20H2,1H3. The van der Waals surface area contributed by atoms with Crippen LogP contribution in [0.5, 0.6) is 5.75 Å². The van der Waals surface area contributed by atoms with Gasteiger partial charge in [-0.05, 0) is 53.8 Å². The number of hydrogen-bond donors (Lipinski definition) is 1. The third-order valence-electron chi connectivity index (χ3n) is 6.99. The van der Waals surface area contributed by atoms with Gasteiger partial charge in [-0.25, -0.2) is 0 Å². The van der Waals surface area contributed by atoms with Crippen LogP contribution in [-0.4, -0.2) is 49.1 Å². The Balaban J connectivity index is 1.26. The van der Waals surface area contributed by atoms with Crippen molar-refractivity contribution in [2.75, 3.05) is 31.1 Å². The zero-order valence-corrected chi connectivity index (χ0v) is 19.4. The van der Waals surface area contributed by atoms with Crippen LogP contribution >= 0.6 is 0 Å². The lowest BCUT2D eigenvalue weighted by molar-refractivity contribution is -0.126. The van der Waals surface area contributed by atoms with Gasteiger partial charge in [-0.3, -0.25) is 9.69 Å². The monoisotopic (exact) mass is 443 g/mol. The number of hydrogen-bond acceptors (Lipinski definition) is 4. The number of fused-ring (bicyclic) bond motifs is 5. The molecular formula is C28H33N3O2. The third kappa shape index (κ3) is 4.75. The maximum Gasteiger partial charge on any atom is 0.244 e. The molecule has 2 aliphatic rings. The van der Waals surface area contributed by atoms with Gasteiger partial charge in [0.15, 0.2) is 0 Å². The van der Waals surface area contributed by atoms with Crippen molar-refractivity contribution in [3.8, 4) is 5.75 Å². The van der Waals surface area contributed by atoms with Crippen molar-refractivity contribution in [2.24, 2.45) is 0 Å². The molecule has 172 valence electrons. The Morgan fingerprint density at radius 1 is 1.03 bits per heavy atom. The summed E-state index contributed by atoms with van der Waals surface area (Å²) in [7, 11) is 0. The first-order valence-electron chi connectivity index (χ1n) is 12.2. The van der Waals surface area contributed by atoms with Crippen LogP contribution in [0.15, 0.2) is 66.7 Å². The number of nitrogens with one attached hydrogen (secondary N) is 1. The van der Waals surface area contributed by atoms with Crippen LogP contribution in [0.1, 0.15) is 31.7 Å². The van der Waals surface area contributed by atoms with Gasteiger partial charge in [0.1, 0.15) is 5.75 Å². The van der Waals surface area contributed by atoms with E-state index in [-0.39, 0.29) is 11.9 Å². The molecule has 5 nitrogen and oxygen atoms in total. The van der Waals surface area contributed by atoms with Crippen LogP contribution < -0.4 is 15.0 Å². The molecule has 2 unspecified atom stereocenters. The highest BCUT2D eigenvalue weighted by atomic mass is 16.5. The number of piperazine rings is 1. The van der Waals surface area contributed by atoms with Gasteiger partial charge in [0.25, 0.3) is 0 Å². The van der Waals surface area contributed by atoms with Gasteiger partial charge in [0, 0.05) is 32.2 Å². The van der Waals surface area contributed by atoms with Crippen molar-refractivity contribution in [3.05, 3.63) is 72.3 Å². The summed E-state index contributed by atoms with van der Waals surface area (Å²) in [6, 6.07) is 23.4. The lowest BCUT2D eigenvalue weighted by Gasteiger charge is -2.41. The SMILES string of the molecule is CCC(CN1CCN2C(=O)C1CCCOc1ccccc12)NCc1ccc2ccccc2c1. The van der Waals surface area contributed by atoms with Gasteiger partial charge >= 0.3 is 0 Å². The van der Waals surface area contributed by atoms with Crippen LogP contribution in [0.4, 0.5) is 5.69 Å². The molecule has 5 heteroatoms. The smallest absolute Gasteiger partial charge is 0.244 e. The van der Waals surface area contributed by atoms with E-state index in [9.17, 15) is 4.79 Å². The highest BCUT2D eigenvalue weighted by Gasteiger charge is 2.37. The van der Waals surface area contributed by atoms with Gasteiger partial charge in [0.05, 0.1) is 18.3 Å². The second-order valence-corrected chi connectivity index (χ2v) is 9.13. The summed E-state index contributed by atoms with van der Waals surface area (Å²) in [5, 5.41) is 6.30. The molecule has 0 aromatic heterocycles. The van der Waals surface area contributed by atoms with E-state index in [0.29, 0.717) is 19.2 Å². The van der Waals surface area contributed by atoms with Crippen LogP contribution in [0.25, 0.3) is 10.8 Å². The van der Waals surface area contributed by atoms with E-state index in [2.05, 4.69) is 59.6 Å². The quantitative estimate of drug-likeness (QED) is 0.605. The summed E-state index contributed by atoms with van der Waals surface area (Å²) >= 11 is 0. The fourth-order valence-corrected chi connectivity index (χ4v) is 5.09. The molecule has 1 fully saturated rings. The maximum absolute atomic E-state index is 13.5. The Kier molecular flexibility index (Phi) is 6.60. The summed E-state index contributed by atoms with van der Waals surface area (Å²) in [6.07, 6.45) is 2.75. The second kappa shape index (κ2) is 9.94. The first-order chi connectivity index (χ1) is 16.2. The van der Waals surface area contributed by atoms with E-state index in [1.54, 1.807) is 0 Å². The minimum Gasteiger partial charge on any atom is -0.491 e. The van der Waals surface area contributed by atoms with E-state index in [4.69, 9.17) is 4.74 Å². The van der Waals surface area contributed by atoms with Gasteiger partial charge in [-0.2, -0.15) is 0 Å². The van der Waals surface area contributed by atoms with Crippen LogP contribution in [-0.2, 0) is 11.3 Å². The van der Waals surface area contributed by atoms with Crippen molar-refractivity contribution < 1.29 is 9.53 Å². The average Bonchev–Trinajstić information content (AvgIpc) is 2.89. The minimum absolute atomic E-state index is 0.0787. The normalized spacial score (nSPS) is 19.8. The fraction of sp³-hybridized carbons (Fsp3) is 0.393. The predicted octanol–water partition coefficient (Wildman–Crippen LogP) is 4.60. The Bertz CT molecular complexity index is 1120. The number of amides is 1. The molecule has 3 aromatic carbocycles. The molecule has 0 aliphatic carbocycles.